The van der Waals surface area contributed by atoms with E-state index in [0.29, 0.717) is 23.5 Å². The normalized spacial score (nSPS) is 10.2. The zero-order chi connectivity index (χ0) is 18.2. The number of halogens is 2. The van der Waals surface area contributed by atoms with Crippen molar-refractivity contribution in [2.75, 3.05) is 22.5 Å². The first-order valence-corrected chi connectivity index (χ1v) is 8.24. The summed E-state index contributed by atoms with van der Waals surface area (Å²) in [7, 11) is 0. The summed E-state index contributed by atoms with van der Waals surface area (Å²) in [4.78, 5) is 23.6. The van der Waals surface area contributed by atoms with Crippen LogP contribution in [0.4, 0.5) is 21.5 Å². The summed E-state index contributed by atoms with van der Waals surface area (Å²) in [5.74, 6) is -0.864. The minimum absolute atomic E-state index is 0.00557. The van der Waals surface area contributed by atoms with E-state index < -0.39 is 5.82 Å². The van der Waals surface area contributed by atoms with Gasteiger partial charge >= 0.3 is 0 Å². The van der Waals surface area contributed by atoms with Crippen LogP contribution in [0.1, 0.15) is 19.8 Å². The van der Waals surface area contributed by atoms with Gasteiger partial charge in [0.15, 0.2) is 0 Å². The summed E-state index contributed by atoms with van der Waals surface area (Å²) >= 11 is 5.69. The molecule has 2 aromatic carbocycles. The maximum absolute atomic E-state index is 13.1. The molecule has 2 rings (SSSR count). The molecule has 132 valence electrons. The van der Waals surface area contributed by atoms with Crippen molar-refractivity contribution in [2.24, 2.45) is 0 Å². The molecule has 0 aliphatic carbocycles. The fourth-order valence-corrected chi connectivity index (χ4v) is 2.30. The highest BCUT2D eigenvalue weighted by Gasteiger charge is 2.06. The highest BCUT2D eigenvalue weighted by atomic mass is 35.5. The van der Waals surface area contributed by atoms with E-state index in [1.165, 1.54) is 18.2 Å². The third-order valence-corrected chi connectivity index (χ3v) is 3.57. The molecule has 3 N–H and O–H groups in total. The number of anilines is 3. The number of rotatable bonds is 7. The van der Waals surface area contributed by atoms with Crippen LogP contribution in [0.15, 0.2) is 42.5 Å². The lowest BCUT2D eigenvalue weighted by Crippen LogP contribution is -2.21. The Morgan fingerprint density at radius 2 is 1.68 bits per heavy atom. The van der Waals surface area contributed by atoms with E-state index in [4.69, 9.17) is 11.6 Å². The average Bonchev–Trinajstić information content (AvgIpc) is 2.56. The lowest BCUT2D eigenvalue weighted by atomic mass is 10.2. The van der Waals surface area contributed by atoms with E-state index >= 15 is 0 Å². The molecule has 0 heterocycles. The van der Waals surface area contributed by atoms with Crippen LogP contribution in [-0.2, 0) is 9.59 Å². The summed E-state index contributed by atoms with van der Waals surface area (Å²) in [5.41, 5.74) is 1.73. The molecule has 0 aliphatic heterocycles. The second-order valence-electron chi connectivity index (χ2n) is 5.41. The molecule has 0 aliphatic rings. The van der Waals surface area contributed by atoms with Gasteiger partial charge in [-0.05, 0) is 42.8 Å². The Morgan fingerprint density at radius 3 is 2.32 bits per heavy atom. The Balaban J connectivity index is 1.89. The van der Waals surface area contributed by atoms with Gasteiger partial charge in [-0.2, -0.15) is 0 Å². The lowest BCUT2D eigenvalue weighted by molar-refractivity contribution is -0.116. The van der Waals surface area contributed by atoms with Crippen LogP contribution in [0.25, 0.3) is 0 Å². The van der Waals surface area contributed by atoms with E-state index in [2.05, 4.69) is 16.0 Å². The van der Waals surface area contributed by atoms with Crippen LogP contribution in [0, 0.1) is 5.82 Å². The Bertz CT molecular complexity index is 768. The van der Waals surface area contributed by atoms with Gasteiger partial charge in [-0.25, -0.2) is 4.39 Å². The molecular formula is C18H19ClFN3O2. The second kappa shape index (κ2) is 9.03. The van der Waals surface area contributed by atoms with Crippen molar-refractivity contribution in [2.45, 2.75) is 19.8 Å². The SMILES string of the molecule is CCCC(=O)Nc1cccc(NC(=O)CNc2ccc(F)c(Cl)c2)c1. The Kier molecular flexibility index (Phi) is 6.77. The molecule has 0 radical (unpaired) electrons. The number of carbonyl (C=O) groups excluding carboxylic acids is 2. The summed E-state index contributed by atoms with van der Waals surface area (Å²) in [5, 5.41) is 8.34. The first-order valence-electron chi connectivity index (χ1n) is 7.86. The molecule has 0 bridgehead atoms. The van der Waals surface area contributed by atoms with Crippen molar-refractivity contribution in [3.05, 3.63) is 53.3 Å². The van der Waals surface area contributed by atoms with E-state index in [-0.39, 0.29) is 23.4 Å². The van der Waals surface area contributed by atoms with Gasteiger partial charge in [0.1, 0.15) is 5.82 Å². The molecular weight excluding hydrogens is 345 g/mol. The fourth-order valence-electron chi connectivity index (χ4n) is 2.12. The first kappa shape index (κ1) is 18.7. The highest BCUT2D eigenvalue weighted by molar-refractivity contribution is 6.31. The van der Waals surface area contributed by atoms with E-state index in [9.17, 15) is 14.0 Å². The molecule has 0 saturated heterocycles. The number of hydrogen-bond donors (Lipinski definition) is 3. The minimum Gasteiger partial charge on any atom is -0.376 e. The number of carbonyl (C=O) groups is 2. The predicted octanol–water partition coefficient (Wildman–Crippen LogP) is 4.27. The van der Waals surface area contributed by atoms with Crippen molar-refractivity contribution in [1.82, 2.24) is 0 Å². The summed E-state index contributed by atoms with van der Waals surface area (Å²) in [6.45, 7) is 1.92. The lowest BCUT2D eigenvalue weighted by Gasteiger charge is -2.10. The van der Waals surface area contributed by atoms with Crippen LogP contribution < -0.4 is 16.0 Å². The zero-order valence-electron chi connectivity index (χ0n) is 13.7. The van der Waals surface area contributed by atoms with Crippen LogP contribution in [0.2, 0.25) is 5.02 Å². The Morgan fingerprint density at radius 1 is 1.00 bits per heavy atom. The topological polar surface area (TPSA) is 70.2 Å². The van der Waals surface area contributed by atoms with Gasteiger partial charge < -0.3 is 16.0 Å². The molecule has 0 fully saturated rings. The predicted molar refractivity (Wildman–Crippen MR) is 98.5 cm³/mol. The van der Waals surface area contributed by atoms with Gasteiger partial charge in [-0.1, -0.05) is 24.6 Å². The molecule has 25 heavy (non-hydrogen) atoms. The van der Waals surface area contributed by atoms with Crippen molar-refractivity contribution < 1.29 is 14.0 Å². The van der Waals surface area contributed by atoms with Crippen LogP contribution in [-0.4, -0.2) is 18.4 Å². The van der Waals surface area contributed by atoms with Gasteiger partial charge in [0.2, 0.25) is 11.8 Å². The van der Waals surface area contributed by atoms with Gasteiger partial charge in [0.25, 0.3) is 0 Å². The quantitative estimate of drug-likeness (QED) is 0.688. The molecule has 0 atom stereocenters. The third-order valence-electron chi connectivity index (χ3n) is 3.28. The largest absolute Gasteiger partial charge is 0.376 e. The number of amides is 2. The molecule has 0 unspecified atom stereocenters. The van der Waals surface area contributed by atoms with Crippen molar-refractivity contribution in [3.63, 3.8) is 0 Å². The van der Waals surface area contributed by atoms with Crippen LogP contribution in [0.5, 0.6) is 0 Å². The average molecular weight is 364 g/mol. The third kappa shape index (κ3) is 6.08. The molecule has 0 spiro atoms. The van der Waals surface area contributed by atoms with E-state index in [1.807, 2.05) is 6.92 Å². The molecule has 7 heteroatoms. The summed E-state index contributed by atoms with van der Waals surface area (Å²) < 4.78 is 13.1. The van der Waals surface area contributed by atoms with Crippen molar-refractivity contribution in [3.8, 4) is 0 Å². The first-order chi connectivity index (χ1) is 12.0. The molecule has 2 amide bonds. The second-order valence-corrected chi connectivity index (χ2v) is 5.82. The molecule has 0 aromatic heterocycles. The smallest absolute Gasteiger partial charge is 0.243 e. The van der Waals surface area contributed by atoms with Gasteiger partial charge in [0.05, 0.1) is 11.6 Å². The minimum atomic E-state index is -0.515. The summed E-state index contributed by atoms with van der Waals surface area (Å²) in [6.07, 6.45) is 1.21. The van der Waals surface area contributed by atoms with Gasteiger partial charge in [0, 0.05) is 23.5 Å². The van der Waals surface area contributed by atoms with Crippen LogP contribution in [0.3, 0.4) is 0 Å². The molecule has 0 saturated carbocycles. The van der Waals surface area contributed by atoms with Gasteiger partial charge in [-0.3, -0.25) is 9.59 Å². The van der Waals surface area contributed by atoms with Crippen molar-refractivity contribution >= 4 is 40.5 Å². The maximum atomic E-state index is 13.1. The monoisotopic (exact) mass is 363 g/mol. The summed E-state index contributed by atoms with van der Waals surface area (Å²) in [6, 6.07) is 11.0. The zero-order valence-corrected chi connectivity index (χ0v) is 14.5. The number of nitrogens with one attached hydrogen (secondary N) is 3. The molecule has 2 aromatic rings. The molecule has 5 nitrogen and oxygen atoms in total. The Labute approximate surface area is 150 Å². The van der Waals surface area contributed by atoms with Crippen LogP contribution >= 0.6 is 11.6 Å². The van der Waals surface area contributed by atoms with E-state index in [1.54, 1.807) is 24.3 Å². The maximum Gasteiger partial charge on any atom is 0.243 e. The van der Waals surface area contributed by atoms with Gasteiger partial charge in [-0.15, -0.1) is 0 Å². The van der Waals surface area contributed by atoms with E-state index in [0.717, 1.165) is 6.42 Å². The Hall–Kier alpha value is -2.60. The fraction of sp³-hybridized carbons (Fsp3) is 0.222. The standard InChI is InChI=1S/C18H19ClFN3O2/c1-2-4-17(24)22-13-5-3-6-14(9-13)23-18(25)11-21-12-7-8-16(20)15(19)10-12/h3,5-10,21H,2,4,11H2,1H3,(H,22,24)(H,23,25). The number of hydrogen-bond acceptors (Lipinski definition) is 3. The highest BCUT2D eigenvalue weighted by Crippen LogP contribution is 2.19. The van der Waals surface area contributed by atoms with Crippen molar-refractivity contribution in [1.29, 1.82) is 0 Å². The number of benzene rings is 2.